The number of carbonyl (C=O) groups is 1. The van der Waals surface area contributed by atoms with E-state index in [9.17, 15) is 4.79 Å². The first-order valence-electron chi connectivity index (χ1n) is 8.42. The number of hydrogen-bond acceptors (Lipinski definition) is 2. The predicted molar refractivity (Wildman–Crippen MR) is 106 cm³/mol. The summed E-state index contributed by atoms with van der Waals surface area (Å²) in [6.45, 7) is 2.09. The Morgan fingerprint density at radius 1 is 0.880 bits per heavy atom. The molecule has 0 heterocycles. The van der Waals surface area contributed by atoms with Crippen molar-refractivity contribution < 1.29 is 4.79 Å². The number of anilines is 1. The van der Waals surface area contributed by atoms with E-state index in [0.717, 1.165) is 23.4 Å². The summed E-state index contributed by atoms with van der Waals surface area (Å²) in [6.07, 6.45) is 0.895. The summed E-state index contributed by atoms with van der Waals surface area (Å²) in [7, 11) is 0. The highest BCUT2D eigenvalue weighted by Crippen LogP contribution is 2.23. The fraction of sp³-hybridized carbons (Fsp3) is 0.136. The van der Waals surface area contributed by atoms with E-state index in [1.54, 1.807) is 11.8 Å². The van der Waals surface area contributed by atoms with Gasteiger partial charge in [0.2, 0.25) is 0 Å². The molecule has 1 N–H and O–H groups in total. The molecule has 0 aliphatic heterocycles. The molecule has 3 heteroatoms. The van der Waals surface area contributed by atoms with E-state index < -0.39 is 0 Å². The van der Waals surface area contributed by atoms with Crippen LogP contribution in [0.1, 0.15) is 28.4 Å². The molecule has 0 saturated carbocycles. The normalized spacial score (nSPS) is 10.4. The smallest absolute Gasteiger partial charge is 0.255 e. The van der Waals surface area contributed by atoms with Crippen molar-refractivity contribution in [2.75, 3.05) is 5.32 Å². The monoisotopic (exact) mass is 347 g/mol. The molecule has 0 atom stereocenters. The van der Waals surface area contributed by atoms with Gasteiger partial charge in [-0.05, 0) is 47.9 Å². The van der Waals surface area contributed by atoms with Crippen molar-refractivity contribution >= 4 is 23.4 Å². The van der Waals surface area contributed by atoms with Crippen LogP contribution in [0, 0.1) is 0 Å². The molecule has 3 aromatic rings. The van der Waals surface area contributed by atoms with E-state index in [1.807, 2.05) is 66.7 Å². The molecule has 0 saturated heterocycles. The first kappa shape index (κ1) is 17.3. The molecule has 0 aliphatic rings. The van der Waals surface area contributed by atoms with E-state index in [0.29, 0.717) is 5.56 Å². The van der Waals surface area contributed by atoms with Gasteiger partial charge in [0, 0.05) is 21.9 Å². The molecule has 0 unspecified atom stereocenters. The van der Waals surface area contributed by atoms with Gasteiger partial charge < -0.3 is 5.32 Å². The fourth-order valence-corrected chi connectivity index (χ4v) is 3.46. The van der Waals surface area contributed by atoms with Gasteiger partial charge in [0.25, 0.3) is 5.91 Å². The minimum atomic E-state index is -0.0665. The van der Waals surface area contributed by atoms with Crippen molar-refractivity contribution in [3.05, 3.63) is 95.6 Å². The third-order valence-electron chi connectivity index (χ3n) is 4.01. The van der Waals surface area contributed by atoms with Crippen molar-refractivity contribution in [1.29, 1.82) is 0 Å². The van der Waals surface area contributed by atoms with Crippen LogP contribution in [-0.4, -0.2) is 5.91 Å². The van der Waals surface area contributed by atoms with Gasteiger partial charge in [0.05, 0.1) is 0 Å². The quantitative estimate of drug-likeness (QED) is 0.572. The maximum Gasteiger partial charge on any atom is 0.255 e. The summed E-state index contributed by atoms with van der Waals surface area (Å²) < 4.78 is 0. The Morgan fingerprint density at radius 2 is 1.56 bits per heavy atom. The topological polar surface area (TPSA) is 29.1 Å². The van der Waals surface area contributed by atoms with E-state index in [1.165, 1.54) is 10.5 Å². The summed E-state index contributed by atoms with van der Waals surface area (Å²) >= 11 is 1.79. The summed E-state index contributed by atoms with van der Waals surface area (Å²) in [5.41, 5.74) is 3.92. The Labute approximate surface area is 153 Å². The lowest BCUT2D eigenvalue weighted by Crippen LogP contribution is -2.13. The molecule has 0 radical (unpaired) electrons. The molecule has 3 rings (SSSR count). The molecule has 0 bridgehead atoms. The van der Waals surface area contributed by atoms with E-state index in [4.69, 9.17) is 0 Å². The molecule has 0 spiro atoms. The van der Waals surface area contributed by atoms with Crippen LogP contribution in [0.4, 0.5) is 5.69 Å². The predicted octanol–water partition coefficient (Wildman–Crippen LogP) is 5.79. The second-order valence-electron chi connectivity index (χ2n) is 5.76. The fourth-order valence-electron chi connectivity index (χ4n) is 2.58. The van der Waals surface area contributed by atoms with Crippen LogP contribution in [0.3, 0.4) is 0 Å². The molecule has 0 aromatic heterocycles. The Kier molecular flexibility index (Phi) is 5.91. The molecular formula is C22H21NOS. The van der Waals surface area contributed by atoms with Crippen LogP contribution >= 0.6 is 11.8 Å². The van der Waals surface area contributed by atoms with Crippen LogP contribution in [-0.2, 0) is 12.2 Å². The standard InChI is InChI=1S/C22H21NOS/c1-2-18-8-6-7-11-21(18)23-22(24)19-14-12-17(13-15-19)16-25-20-9-4-3-5-10-20/h3-15H,2,16H2,1H3,(H,23,24). The largest absolute Gasteiger partial charge is 0.322 e. The highest BCUT2D eigenvalue weighted by Gasteiger charge is 2.08. The lowest BCUT2D eigenvalue weighted by molar-refractivity contribution is 0.102. The summed E-state index contributed by atoms with van der Waals surface area (Å²) in [5, 5.41) is 3.01. The van der Waals surface area contributed by atoms with E-state index in [2.05, 4.69) is 24.4 Å². The lowest BCUT2D eigenvalue weighted by Gasteiger charge is -2.10. The zero-order valence-electron chi connectivity index (χ0n) is 14.2. The number of carbonyl (C=O) groups excluding carboxylic acids is 1. The van der Waals surface area contributed by atoms with Gasteiger partial charge in [-0.1, -0.05) is 55.5 Å². The maximum atomic E-state index is 12.5. The van der Waals surface area contributed by atoms with Crippen molar-refractivity contribution in [3.8, 4) is 0 Å². The Balaban J connectivity index is 1.62. The summed E-state index contributed by atoms with van der Waals surface area (Å²) in [5.74, 6) is 0.827. The maximum absolute atomic E-state index is 12.5. The van der Waals surface area contributed by atoms with Gasteiger partial charge >= 0.3 is 0 Å². The molecular weight excluding hydrogens is 326 g/mol. The number of hydrogen-bond donors (Lipinski definition) is 1. The van der Waals surface area contributed by atoms with Crippen molar-refractivity contribution in [2.24, 2.45) is 0 Å². The highest BCUT2D eigenvalue weighted by molar-refractivity contribution is 7.98. The third kappa shape index (κ3) is 4.74. The first-order chi connectivity index (χ1) is 12.3. The van der Waals surface area contributed by atoms with Crippen LogP contribution in [0.25, 0.3) is 0 Å². The highest BCUT2D eigenvalue weighted by atomic mass is 32.2. The van der Waals surface area contributed by atoms with Crippen LogP contribution < -0.4 is 5.32 Å². The second kappa shape index (κ2) is 8.54. The molecule has 1 amide bonds. The number of aryl methyl sites for hydroxylation is 1. The Bertz CT molecular complexity index is 828. The van der Waals surface area contributed by atoms with Crippen LogP contribution in [0.15, 0.2) is 83.8 Å². The van der Waals surface area contributed by atoms with Gasteiger partial charge in [-0.25, -0.2) is 0 Å². The average Bonchev–Trinajstić information content (AvgIpc) is 2.68. The van der Waals surface area contributed by atoms with Crippen molar-refractivity contribution in [3.63, 3.8) is 0 Å². The number of nitrogens with one attached hydrogen (secondary N) is 1. The van der Waals surface area contributed by atoms with E-state index in [-0.39, 0.29) is 5.91 Å². The van der Waals surface area contributed by atoms with E-state index >= 15 is 0 Å². The average molecular weight is 347 g/mol. The van der Waals surface area contributed by atoms with Gasteiger partial charge in [-0.3, -0.25) is 4.79 Å². The summed E-state index contributed by atoms with van der Waals surface area (Å²) in [4.78, 5) is 13.7. The molecule has 25 heavy (non-hydrogen) atoms. The zero-order chi connectivity index (χ0) is 17.5. The Hall–Kier alpha value is -2.52. The van der Waals surface area contributed by atoms with Crippen molar-refractivity contribution in [2.45, 2.75) is 24.0 Å². The molecule has 126 valence electrons. The summed E-state index contributed by atoms with van der Waals surface area (Å²) in [6, 6.07) is 26.1. The molecule has 3 aromatic carbocycles. The van der Waals surface area contributed by atoms with Gasteiger partial charge in [0.15, 0.2) is 0 Å². The third-order valence-corrected chi connectivity index (χ3v) is 5.09. The lowest BCUT2D eigenvalue weighted by atomic mass is 10.1. The first-order valence-corrected chi connectivity index (χ1v) is 9.41. The molecule has 2 nitrogen and oxygen atoms in total. The minimum Gasteiger partial charge on any atom is -0.322 e. The number of amides is 1. The number of para-hydroxylation sites is 1. The van der Waals surface area contributed by atoms with Gasteiger partial charge in [0.1, 0.15) is 0 Å². The minimum absolute atomic E-state index is 0.0665. The number of rotatable bonds is 6. The van der Waals surface area contributed by atoms with Crippen LogP contribution in [0.5, 0.6) is 0 Å². The van der Waals surface area contributed by atoms with Crippen LogP contribution in [0.2, 0.25) is 0 Å². The Morgan fingerprint density at radius 3 is 2.28 bits per heavy atom. The number of thioether (sulfide) groups is 1. The van der Waals surface area contributed by atoms with Gasteiger partial charge in [-0.2, -0.15) is 0 Å². The SMILES string of the molecule is CCc1ccccc1NC(=O)c1ccc(CSc2ccccc2)cc1. The van der Waals surface area contributed by atoms with Crippen molar-refractivity contribution in [1.82, 2.24) is 0 Å². The molecule has 0 aliphatic carbocycles. The molecule has 0 fully saturated rings. The van der Waals surface area contributed by atoms with Gasteiger partial charge in [-0.15, -0.1) is 11.8 Å². The zero-order valence-corrected chi connectivity index (χ0v) is 15.1. The second-order valence-corrected chi connectivity index (χ2v) is 6.81. The number of benzene rings is 3.